The summed E-state index contributed by atoms with van der Waals surface area (Å²) in [7, 11) is 0. The van der Waals surface area contributed by atoms with E-state index in [0.717, 1.165) is 51.9 Å². The van der Waals surface area contributed by atoms with Gasteiger partial charge in [-0.3, -0.25) is 14.5 Å². The number of para-hydroxylation sites is 1. The van der Waals surface area contributed by atoms with E-state index in [1.54, 1.807) is 24.3 Å². The smallest absolute Gasteiger partial charge is 0.241 e. The van der Waals surface area contributed by atoms with E-state index >= 15 is 0 Å². The van der Waals surface area contributed by atoms with Gasteiger partial charge in [0.25, 0.3) is 0 Å². The Labute approximate surface area is 154 Å². The molecule has 6 heteroatoms. The van der Waals surface area contributed by atoms with Crippen LogP contribution in [-0.4, -0.2) is 53.8 Å². The SMILES string of the molecule is C[C@H](C(=O)Nc1ccccc1C#N)N1CCC(C(=O)N2CCCC2)CC1. The Morgan fingerprint density at radius 1 is 1.15 bits per heavy atom. The van der Waals surface area contributed by atoms with Gasteiger partial charge in [0.05, 0.1) is 17.3 Å². The first kappa shape index (κ1) is 18.4. The molecule has 0 saturated carbocycles. The van der Waals surface area contributed by atoms with Gasteiger partial charge >= 0.3 is 0 Å². The Balaban J connectivity index is 1.53. The number of piperidine rings is 1. The number of rotatable bonds is 4. The van der Waals surface area contributed by atoms with E-state index in [-0.39, 0.29) is 17.9 Å². The maximum atomic E-state index is 12.6. The molecule has 0 aromatic heterocycles. The van der Waals surface area contributed by atoms with Gasteiger partial charge in [0, 0.05) is 19.0 Å². The Morgan fingerprint density at radius 3 is 2.46 bits per heavy atom. The minimum absolute atomic E-state index is 0.0962. The standard InChI is InChI=1S/C20H26N4O2/c1-15(19(25)22-18-7-3-2-6-17(18)14-21)23-12-8-16(9-13-23)20(26)24-10-4-5-11-24/h2-3,6-7,15-16H,4-5,8-13H2,1H3,(H,22,25)/t15-/m1/s1. The van der Waals surface area contributed by atoms with Crippen LogP contribution in [0.3, 0.4) is 0 Å². The highest BCUT2D eigenvalue weighted by atomic mass is 16.2. The van der Waals surface area contributed by atoms with E-state index in [2.05, 4.69) is 16.3 Å². The number of benzene rings is 1. The molecule has 0 radical (unpaired) electrons. The molecule has 2 aliphatic heterocycles. The molecule has 1 atom stereocenters. The molecule has 0 bridgehead atoms. The third-order valence-electron chi connectivity index (χ3n) is 5.53. The fourth-order valence-corrected chi connectivity index (χ4v) is 3.82. The van der Waals surface area contributed by atoms with Crippen LogP contribution in [0.2, 0.25) is 0 Å². The average Bonchev–Trinajstić information content (AvgIpc) is 3.22. The monoisotopic (exact) mass is 354 g/mol. The molecule has 2 amide bonds. The van der Waals surface area contributed by atoms with Gasteiger partial charge in [-0.15, -0.1) is 0 Å². The number of carbonyl (C=O) groups excluding carboxylic acids is 2. The number of nitriles is 1. The van der Waals surface area contributed by atoms with Gasteiger partial charge in [0.15, 0.2) is 0 Å². The Kier molecular flexibility index (Phi) is 5.89. The molecule has 2 heterocycles. The predicted octanol–water partition coefficient (Wildman–Crippen LogP) is 2.22. The lowest BCUT2D eigenvalue weighted by atomic mass is 9.94. The number of nitrogens with one attached hydrogen (secondary N) is 1. The van der Waals surface area contributed by atoms with Crippen molar-refractivity contribution in [2.75, 3.05) is 31.5 Å². The van der Waals surface area contributed by atoms with E-state index in [1.165, 1.54) is 0 Å². The van der Waals surface area contributed by atoms with E-state index in [0.29, 0.717) is 17.2 Å². The van der Waals surface area contributed by atoms with Gasteiger partial charge in [-0.05, 0) is 57.8 Å². The summed E-state index contributed by atoms with van der Waals surface area (Å²) in [6.07, 6.45) is 3.85. The second-order valence-corrected chi connectivity index (χ2v) is 7.17. The van der Waals surface area contributed by atoms with Gasteiger partial charge in [-0.25, -0.2) is 0 Å². The molecule has 1 aromatic carbocycles. The van der Waals surface area contributed by atoms with Gasteiger partial charge in [0.1, 0.15) is 6.07 Å². The topological polar surface area (TPSA) is 76.4 Å². The first-order valence-corrected chi connectivity index (χ1v) is 9.43. The third kappa shape index (κ3) is 4.05. The molecular formula is C20H26N4O2. The molecule has 2 saturated heterocycles. The molecule has 1 aromatic rings. The van der Waals surface area contributed by atoms with Crippen molar-refractivity contribution in [3.63, 3.8) is 0 Å². The van der Waals surface area contributed by atoms with Crippen molar-refractivity contribution in [3.8, 4) is 6.07 Å². The number of amides is 2. The number of likely N-dealkylation sites (tertiary alicyclic amines) is 2. The summed E-state index contributed by atoms with van der Waals surface area (Å²) < 4.78 is 0. The zero-order chi connectivity index (χ0) is 18.5. The Hall–Kier alpha value is -2.39. The van der Waals surface area contributed by atoms with Crippen LogP contribution < -0.4 is 5.32 Å². The maximum Gasteiger partial charge on any atom is 0.241 e. The third-order valence-corrected chi connectivity index (χ3v) is 5.53. The van der Waals surface area contributed by atoms with E-state index in [9.17, 15) is 9.59 Å². The summed E-state index contributed by atoms with van der Waals surface area (Å²) in [5.41, 5.74) is 1.01. The minimum atomic E-state index is -0.287. The number of anilines is 1. The number of hydrogen-bond donors (Lipinski definition) is 1. The highest BCUT2D eigenvalue weighted by Gasteiger charge is 2.32. The summed E-state index contributed by atoms with van der Waals surface area (Å²) in [6, 6.07) is 8.82. The normalized spacial score (nSPS) is 19.8. The van der Waals surface area contributed by atoms with Gasteiger partial charge in [0.2, 0.25) is 11.8 Å². The van der Waals surface area contributed by atoms with Crippen LogP contribution in [0.25, 0.3) is 0 Å². The molecule has 3 rings (SSSR count). The van der Waals surface area contributed by atoms with Crippen molar-refractivity contribution in [1.29, 1.82) is 5.26 Å². The van der Waals surface area contributed by atoms with Gasteiger partial charge in [-0.1, -0.05) is 12.1 Å². The van der Waals surface area contributed by atoms with E-state index < -0.39 is 0 Å². The molecule has 2 aliphatic rings. The van der Waals surface area contributed by atoms with Crippen molar-refractivity contribution in [2.24, 2.45) is 5.92 Å². The van der Waals surface area contributed by atoms with E-state index in [4.69, 9.17) is 5.26 Å². The van der Waals surface area contributed by atoms with Crippen LogP contribution in [0.4, 0.5) is 5.69 Å². The van der Waals surface area contributed by atoms with Crippen molar-refractivity contribution < 1.29 is 9.59 Å². The maximum absolute atomic E-state index is 12.6. The zero-order valence-electron chi connectivity index (χ0n) is 15.3. The first-order valence-electron chi connectivity index (χ1n) is 9.43. The van der Waals surface area contributed by atoms with Crippen molar-refractivity contribution in [3.05, 3.63) is 29.8 Å². The molecule has 0 aliphatic carbocycles. The molecule has 2 fully saturated rings. The van der Waals surface area contributed by atoms with Crippen LogP contribution in [0, 0.1) is 17.2 Å². The fourth-order valence-electron chi connectivity index (χ4n) is 3.82. The summed E-state index contributed by atoms with van der Waals surface area (Å²) in [6.45, 7) is 5.18. The molecule has 138 valence electrons. The Morgan fingerprint density at radius 2 is 1.81 bits per heavy atom. The lowest BCUT2D eigenvalue weighted by Gasteiger charge is -2.36. The van der Waals surface area contributed by atoms with Crippen LogP contribution in [0.1, 0.15) is 38.2 Å². The Bertz CT molecular complexity index is 698. The summed E-state index contributed by atoms with van der Waals surface area (Å²) in [5, 5.41) is 12.0. The summed E-state index contributed by atoms with van der Waals surface area (Å²) in [5.74, 6) is 0.276. The quantitative estimate of drug-likeness (QED) is 0.899. The summed E-state index contributed by atoms with van der Waals surface area (Å²) in [4.78, 5) is 29.2. The lowest BCUT2D eigenvalue weighted by molar-refractivity contribution is -0.136. The second kappa shape index (κ2) is 8.33. The predicted molar refractivity (Wildman–Crippen MR) is 99.4 cm³/mol. The number of hydrogen-bond acceptors (Lipinski definition) is 4. The van der Waals surface area contributed by atoms with Crippen LogP contribution in [0.5, 0.6) is 0 Å². The number of nitrogens with zero attached hydrogens (tertiary/aromatic N) is 3. The van der Waals surface area contributed by atoms with Gasteiger partial charge in [-0.2, -0.15) is 5.26 Å². The van der Waals surface area contributed by atoms with Crippen molar-refractivity contribution >= 4 is 17.5 Å². The highest BCUT2D eigenvalue weighted by Crippen LogP contribution is 2.24. The van der Waals surface area contributed by atoms with Crippen LogP contribution in [0.15, 0.2) is 24.3 Å². The average molecular weight is 354 g/mol. The van der Waals surface area contributed by atoms with Gasteiger partial charge < -0.3 is 10.2 Å². The molecule has 0 spiro atoms. The first-order chi connectivity index (χ1) is 12.6. The van der Waals surface area contributed by atoms with Crippen LogP contribution in [-0.2, 0) is 9.59 Å². The van der Waals surface area contributed by atoms with E-state index in [1.807, 2.05) is 11.8 Å². The molecular weight excluding hydrogens is 328 g/mol. The second-order valence-electron chi connectivity index (χ2n) is 7.17. The molecule has 0 unspecified atom stereocenters. The van der Waals surface area contributed by atoms with Crippen molar-refractivity contribution in [1.82, 2.24) is 9.80 Å². The fraction of sp³-hybridized carbons (Fsp3) is 0.550. The minimum Gasteiger partial charge on any atom is -0.342 e. The highest BCUT2D eigenvalue weighted by molar-refractivity contribution is 5.95. The molecule has 1 N–H and O–H groups in total. The molecule has 6 nitrogen and oxygen atoms in total. The van der Waals surface area contributed by atoms with Crippen LogP contribution >= 0.6 is 0 Å². The largest absolute Gasteiger partial charge is 0.342 e. The molecule has 26 heavy (non-hydrogen) atoms. The lowest BCUT2D eigenvalue weighted by Crippen LogP contribution is -2.48. The summed E-state index contributed by atoms with van der Waals surface area (Å²) >= 11 is 0. The zero-order valence-corrected chi connectivity index (χ0v) is 15.3. The van der Waals surface area contributed by atoms with Crippen molar-refractivity contribution in [2.45, 2.75) is 38.6 Å². The number of carbonyl (C=O) groups is 2.